The van der Waals surface area contributed by atoms with Crippen molar-refractivity contribution in [1.82, 2.24) is 31.5 Å². The fraction of sp³-hybridized carbons (Fsp3) is 0.610. The van der Waals surface area contributed by atoms with Crippen molar-refractivity contribution >= 4 is 46.4 Å². The Kier molecular flexibility index (Phi) is 17.8. The summed E-state index contributed by atoms with van der Waals surface area (Å²) in [6, 6.07) is 9.43. The number of amides is 6. The van der Waals surface area contributed by atoms with Gasteiger partial charge in [0.15, 0.2) is 6.61 Å². The number of rotatable bonds is 20. The Morgan fingerprint density at radius 1 is 0.842 bits per heavy atom. The van der Waals surface area contributed by atoms with E-state index in [1.54, 1.807) is 19.9 Å². The van der Waals surface area contributed by atoms with Crippen LogP contribution in [0.5, 0.6) is 5.75 Å². The molecule has 2 aliphatic rings. The molecule has 0 aromatic heterocycles. The third-order valence-corrected chi connectivity index (χ3v) is 10.4. The Balaban J connectivity index is 1.28. The van der Waals surface area contributed by atoms with Gasteiger partial charge in [-0.1, -0.05) is 69.5 Å². The molecule has 2 aromatic carbocycles. The van der Waals surface area contributed by atoms with Gasteiger partial charge >= 0.3 is 6.09 Å². The molecule has 2 fully saturated rings. The van der Waals surface area contributed by atoms with E-state index in [0.29, 0.717) is 44.5 Å². The second-order valence-corrected chi connectivity index (χ2v) is 15.3. The molecule has 57 heavy (non-hydrogen) atoms. The fourth-order valence-electron chi connectivity index (χ4n) is 7.25. The molecule has 0 spiro atoms. The summed E-state index contributed by atoms with van der Waals surface area (Å²) in [5, 5.41) is 25.7. The maximum absolute atomic E-state index is 13.6. The molecule has 0 unspecified atom stereocenters. The largest absolute Gasteiger partial charge is 0.483 e. The third kappa shape index (κ3) is 13.9. The number of nitrogens with zero attached hydrogens (tertiary/aromatic N) is 1. The van der Waals surface area contributed by atoms with Crippen LogP contribution in [0.1, 0.15) is 85.0 Å². The number of benzene rings is 2. The number of aliphatic hydroxyl groups excluding tert-OH is 1. The normalized spacial score (nSPS) is 17.9. The maximum Gasteiger partial charge on any atom is 0.407 e. The highest BCUT2D eigenvalue weighted by molar-refractivity contribution is 5.95. The van der Waals surface area contributed by atoms with Gasteiger partial charge in [0.2, 0.25) is 23.6 Å². The van der Waals surface area contributed by atoms with E-state index in [4.69, 9.17) is 15.2 Å². The Morgan fingerprint density at radius 2 is 1.58 bits per heavy atom. The molecule has 1 saturated heterocycles. The second kappa shape index (κ2) is 22.7. The van der Waals surface area contributed by atoms with E-state index in [9.17, 15) is 33.9 Å². The van der Waals surface area contributed by atoms with Crippen molar-refractivity contribution in [1.29, 1.82) is 0 Å². The molecule has 1 saturated carbocycles. The molecule has 0 radical (unpaired) electrons. The summed E-state index contributed by atoms with van der Waals surface area (Å²) in [6.07, 6.45) is 5.99. The van der Waals surface area contributed by atoms with Crippen LogP contribution in [-0.4, -0.2) is 115 Å². The minimum atomic E-state index is -1.31. The molecule has 1 heterocycles. The van der Waals surface area contributed by atoms with Gasteiger partial charge < -0.3 is 51.8 Å². The lowest BCUT2D eigenvalue weighted by atomic mass is 9.96. The minimum absolute atomic E-state index is 0.0143. The van der Waals surface area contributed by atoms with Crippen molar-refractivity contribution in [2.24, 2.45) is 11.7 Å². The Labute approximate surface area is 334 Å². The first-order valence-corrected chi connectivity index (χ1v) is 20.3. The molecule has 6 amide bonds. The summed E-state index contributed by atoms with van der Waals surface area (Å²) < 4.78 is 11.3. The summed E-state index contributed by atoms with van der Waals surface area (Å²) in [7, 11) is 0. The van der Waals surface area contributed by atoms with Gasteiger partial charge in [-0.25, -0.2) is 4.79 Å². The molecule has 1 aliphatic carbocycles. The van der Waals surface area contributed by atoms with Gasteiger partial charge in [0.1, 0.15) is 30.5 Å². The highest BCUT2D eigenvalue weighted by atomic mass is 16.5. The van der Waals surface area contributed by atoms with Gasteiger partial charge in [-0.15, -0.1) is 0 Å². The highest BCUT2D eigenvalue weighted by Crippen LogP contribution is 2.25. The number of alkyl carbamates (subject to hydrolysis) is 1. The molecular formula is C41H61N7O9. The van der Waals surface area contributed by atoms with Gasteiger partial charge in [-0.2, -0.15) is 0 Å². The Bertz CT molecular complexity index is 1660. The van der Waals surface area contributed by atoms with Crippen LogP contribution >= 0.6 is 0 Å². The lowest BCUT2D eigenvalue weighted by molar-refractivity contribution is -0.140. The number of aliphatic hydroxyl groups is 1. The van der Waals surface area contributed by atoms with Crippen molar-refractivity contribution in [3.8, 4) is 5.75 Å². The quantitative estimate of drug-likeness (QED) is 0.0965. The van der Waals surface area contributed by atoms with Crippen LogP contribution in [0.3, 0.4) is 0 Å². The Morgan fingerprint density at radius 3 is 2.30 bits per heavy atom. The number of hydrogen-bond donors (Lipinski definition) is 7. The predicted octanol–water partition coefficient (Wildman–Crippen LogP) is 2.00. The number of ether oxygens (including phenoxy) is 2. The van der Waals surface area contributed by atoms with Gasteiger partial charge in [-0.05, 0) is 75.8 Å². The average molecular weight is 796 g/mol. The number of nitrogens with two attached hydrogens (primary N) is 1. The number of unbranched alkanes of at least 4 members (excludes halogenated alkanes) is 1. The van der Waals surface area contributed by atoms with Crippen LogP contribution in [0.4, 0.5) is 4.79 Å². The number of fused-ring (bicyclic) bond motifs is 1. The van der Waals surface area contributed by atoms with Crippen LogP contribution in [0.15, 0.2) is 42.5 Å². The van der Waals surface area contributed by atoms with Gasteiger partial charge in [0.25, 0.3) is 5.91 Å². The van der Waals surface area contributed by atoms with Crippen molar-refractivity contribution in [2.45, 2.75) is 121 Å². The highest BCUT2D eigenvalue weighted by Gasteiger charge is 2.37. The predicted molar refractivity (Wildman–Crippen MR) is 214 cm³/mol. The number of hydrogen-bond acceptors (Lipinski definition) is 10. The molecule has 1 aliphatic heterocycles. The number of carbonyl (C=O) groups is 6. The van der Waals surface area contributed by atoms with Crippen molar-refractivity contribution in [3.63, 3.8) is 0 Å². The zero-order chi connectivity index (χ0) is 41.3. The van der Waals surface area contributed by atoms with Crippen LogP contribution < -0.4 is 37.1 Å². The summed E-state index contributed by atoms with van der Waals surface area (Å²) in [5.41, 5.74) is 5.67. The fourth-order valence-corrected chi connectivity index (χ4v) is 7.25. The minimum Gasteiger partial charge on any atom is -0.483 e. The summed E-state index contributed by atoms with van der Waals surface area (Å²) >= 11 is 0. The second-order valence-electron chi connectivity index (χ2n) is 15.3. The van der Waals surface area contributed by atoms with E-state index in [0.717, 1.165) is 42.9 Å². The molecular weight excluding hydrogens is 734 g/mol. The maximum atomic E-state index is 13.6. The number of nitrogens with one attached hydrogen (secondary N) is 5. The molecule has 2 aromatic rings. The van der Waals surface area contributed by atoms with E-state index in [1.165, 1.54) is 11.8 Å². The van der Waals surface area contributed by atoms with Crippen LogP contribution in [0.25, 0.3) is 10.8 Å². The average Bonchev–Trinajstić information content (AvgIpc) is 3.67. The van der Waals surface area contributed by atoms with Gasteiger partial charge in [-0.3, -0.25) is 24.0 Å². The number of likely N-dealkylation sites (tertiary alicyclic amines) is 1. The van der Waals surface area contributed by atoms with Crippen LogP contribution in [0, 0.1) is 5.92 Å². The van der Waals surface area contributed by atoms with Crippen molar-refractivity contribution in [3.05, 3.63) is 42.5 Å². The molecule has 5 atom stereocenters. The summed E-state index contributed by atoms with van der Waals surface area (Å²) in [4.78, 5) is 80.5. The first-order chi connectivity index (χ1) is 27.4. The van der Waals surface area contributed by atoms with Crippen molar-refractivity contribution < 1.29 is 43.3 Å². The molecule has 8 N–H and O–H groups in total. The van der Waals surface area contributed by atoms with Crippen LogP contribution in [-0.2, 0) is 28.7 Å². The molecule has 16 nitrogen and oxygen atoms in total. The third-order valence-electron chi connectivity index (χ3n) is 10.4. The molecule has 16 heteroatoms. The van der Waals surface area contributed by atoms with E-state index >= 15 is 0 Å². The lowest BCUT2D eigenvalue weighted by Crippen LogP contribution is -2.58. The lowest BCUT2D eigenvalue weighted by Gasteiger charge is -2.30. The SMILES string of the molecule is CC(C)[C@H](NC(=O)[C@H](CCCCN)NC(=O)COc1cccc2ccccc12)C(=O)NCC(=O)N[C@H](C(=O)N1CCC[C@H]1COC(=O)NC1CCCCC1)[C@@H](C)O. The Hall–Kier alpha value is -4.96. The zero-order valence-corrected chi connectivity index (χ0v) is 33.4. The van der Waals surface area contributed by atoms with Crippen LogP contribution in [0.2, 0.25) is 0 Å². The van der Waals surface area contributed by atoms with E-state index in [2.05, 4.69) is 26.6 Å². The molecule has 0 bridgehead atoms. The van der Waals surface area contributed by atoms with Crippen molar-refractivity contribution in [2.75, 3.05) is 32.8 Å². The smallest absolute Gasteiger partial charge is 0.407 e. The topological polar surface area (TPSA) is 231 Å². The summed E-state index contributed by atoms with van der Waals surface area (Å²) in [5.74, 6) is -2.89. The zero-order valence-electron chi connectivity index (χ0n) is 33.4. The van der Waals surface area contributed by atoms with E-state index < -0.39 is 78.4 Å². The standard InChI is InChI=1S/C41H61N7O9/c1-26(2)36(47-38(52)32(19-9-10-21-42)45-35(51)25-56-33-20-11-14-28-13-7-8-18-31(28)33)39(53)43-23-34(50)46-37(27(3)49)40(54)48-22-12-17-30(48)24-57-41(55)44-29-15-5-4-6-16-29/h7-8,11,13-14,18,20,26-27,29-30,32,36-37,49H,4-6,9-10,12,15-17,19,21-25,42H2,1-3H3,(H,43,53)(H,44,55)(H,45,51)(H,46,50)(H,47,52)/t27-,30+,32+,36+,37+/m1/s1. The number of carbonyl (C=O) groups excluding carboxylic acids is 6. The van der Waals surface area contributed by atoms with E-state index in [-0.39, 0.29) is 25.7 Å². The molecule has 314 valence electrons. The van der Waals surface area contributed by atoms with E-state index in [1.807, 2.05) is 36.4 Å². The first kappa shape index (κ1) is 44.8. The first-order valence-electron chi connectivity index (χ1n) is 20.3. The van der Waals surface area contributed by atoms with Gasteiger partial charge in [0, 0.05) is 18.0 Å². The monoisotopic (exact) mass is 795 g/mol. The van der Waals surface area contributed by atoms with Gasteiger partial charge in [0.05, 0.1) is 18.7 Å². The summed E-state index contributed by atoms with van der Waals surface area (Å²) in [6.45, 7) is 4.71. The molecule has 4 rings (SSSR count).